The third-order valence-corrected chi connectivity index (χ3v) is 4.98. The van der Waals surface area contributed by atoms with E-state index in [-0.39, 0.29) is 31.5 Å². The molecule has 154 valence electrons. The molecule has 0 saturated carbocycles. The summed E-state index contributed by atoms with van der Waals surface area (Å²) in [7, 11) is 0. The number of halogens is 4. The Labute approximate surface area is 171 Å². The van der Waals surface area contributed by atoms with Crippen LogP contribution < -0.4 is 0 Å². The van der Waals surface area contributed by atoms with Gasteiger partial charge in [-0.05, 0) is 23.8 Å². The van der Waals surface area contributed by atoms with E-state index < -0.39 is 11.7 Å². The smallest absolute Gasteiger partial charge is 0.390 e. The molecule has 1 atom stereocenters. The molecule has 0 N–H and O–H groups in total. The molecule has 2 aromatic rings. The summed E-state index contributed by atoms with van der Waals surface area (Å²) in [6, 6.07) is 12.1. The zero-order chi connectivity index (χ0) is 21.0. The van der Waals surface area contributed by atoms with Crippen molar-refractivity contribution in [2.75, 3.05) is 6.54 Å². The predicted molar refractivity (Wildman–Crippen MR) is 105 cm³/mol. The summed E-state index contributed by atoms with van der Waals surface area (Å²) in [6.45, 7) is 2.22. The van der Waals surface area contributed by atoms with E-state index >= 15 is 0 Å². The third kappa shape index (κ3) is 5.29. The third-order valence-electron chi connectivity index (χ3n) is 4.65. The van der Waals surface area contributed by atoms with E-state index in [1.807, 2.05) is 18.2 Å². The number of hydrogen-bond donors (Lipinski definition) is 0. The van der Waals surface area contributed by atoms with Gasteiger partial charge in [-0.3, -0.25) is 4.79 Å². The van der Waals surface area contributed by atoms with Gasteiger partial charge in [0.05, 0.1) is 17.8 Å². The molecule has 0 aromatic heterocycles. The van der Waals surface area contributed by atoms with Crippen LogP contribution in [0, 0.1) is 0 Å². The largest absolute Gasteiger partial charge is 0.416 e. The Kier molecular flexibility index (Phi) is 6.47. The summed E-state index contributed by atoms with van der Waals surface area (Å²) in [4.78, 5) is 19.4. The lowest BCUT2D eigenvalue weighted by molar-refractivity contribution is -0.137. The highest BCUT2D eigenvalue weighted by molar-refractivity contribution is 6.34. The number of oxime groups is 1. The van der Waals surface area contributed by atoms with E-state index in [2.05, 4.69) is 5.16 Å². The first kappa shape index (κ1) is 21.2. The van der Waals surface area contributed by atoms with Crippen LogP contribution in [-0.2, 0) is 22.4 Å². The number of nitrogens with zero attached hydrogens (tertiary/aromatic N) is 2. The first-order valence-corrected chi connectivity index (χ1v) is 9.57. The van der Waals surface area contributed by atoms with Crippen molar-refractivity contribution in [1.29, 1.82) is 0 Å². The summed E-state index contributed by atoms with van der Waals surface area (Å²) in [5.41, 5.74) is 1.39. The van der Waals surface area contributed by atoms with Crippen molar-refractivity contribution >= 4 is 23.2 Å². The second-order valence-electron chi connectivity index (χ2n) is 6.77. The van der Waals surface area contributed by atoms with Gasteiger partial charge in [-0.25, -0.2) is 0 Å². The van der Waals surface area contributed by atoms with Crippen molar-refractivity contribution in [1.82, 2.24) is 4.90 Å². The van der Waals surface area contributed by atoms with Gasteiger partial charge in [-0.15, -0.1) is 0 Å². The number of alkyl halides is 3. The Morgan fingerprint density at radius 2 is 1.90 bits per heavy atom. The predicted octanol–water partition coefficient (Wildman–Crippen LogP) is 5.29. The van der Waals surface area contributed by atoms with Gasteiger partial charge >= 0.3 is 6.18 Å². The average Bonchev–Trinajstić information content (AvgIpc) is 3.15. The van der Waals surface area contributed by atoms with Crippen molar-refractivity contribution in [2.45, 2.75) is 38.6 Å². The quantitative estimate of drug-likeness (QED) is 0.632. The molecule has 29 heavy (non-hydrogen) atoms. The maximum Gasteiger partial charge on any atom is 0.416 e. The number of carbonyl (C=O) groups excluding carboxylic acids is 1. The van der Waals surface area contributed by atoms with Crippen LogP contribution in [0.1, 0.15) is 36.5 Å². The van der Waals surface area contributed by atoms with Crippen molar-refractivity contribution in [3.63, 3.8) is 0 Å². The molecule has 2 aromatic carbocycles. The average molecular weight is 425 g/mol. The molecule has 0 spiro atoms. The second kappa shape index (κ2) is 8.86. The number of carbonyl (C=O) groups is 1. The molecule has 1 aliphatic heterocycles. The molecule has 8 heteroatoms. The maximum absolute atomic E-state index is 12.7. The van der Waals surface area contributed by atoms with E-state index in [1.54, 1.807) is 17.9 Å². The van der Waals surface area contributed by atoms with Gasteiger partial charge in [0.25, 0.3) is 0 Å². The molecule has 4 nitrogen and oxygen atoms in total. The molecule has 0 radical (unpaired) electrons. The van der Waals surface area contributed by atoms with E-state index in [0.717, 1.165) is 17.7 Å². The molecule has 0 saturated heterocycles. The summed E-state index contributed by atoms with van der Waals surface area (Å²) in [5, 5.41) is 4.67. The van der Waals surface area contributed by atoms with Gasteiger partial charge in [0.15, 0.2) is 6.10 Å². The number of benzene rings is 2. The highest BCUT2D eigenvalue weighted by atomic mass is 35.5. The lowest BCUT2D eigenvalue weighted by Crippen LogP contribution is -2.36. The van der Waals surface area contributed by atoms with Gasteiger partial charge in [0.2, 0.25) is 5.91 Å². The Morgan fingerprint density at radius 3 is 2.52 bits per heavy atom. The first-order valence-electron chi connectivity index (χ1n) is 9.19. The first-order chi connectivity index (χ1) is 13.8. The van der Waals surface area contributed by atoms with Gasteiger partial charge < -0.3 is 9.74 Å². The van der Waals surface area contributed by atoms with E-state index in [4.69, 9.17) is 16.4 Å². The monoisotopic (exact) mass is 424 g/mol. The normalized spacial score (nSPS) is 16.3. The van der Waals surface area contributed by atoms with Crippen LogP contribution in [0.2, 0.25) is 5.02 Å². The Balaban J connectivity index is 1.66. The van der Waals surface area contributed by atoms with E-state index in [9.17, 15) is 18.0 Å². The molecule has 1 heterocycles. The Morgan fingerprint density at radius 1 is 1.21 bits per heavy atom. The van der Waals surface area contributed by atoms with Crippen LogP contribution in [0.5, 0.6) is 0 Å². The molecule has 0 fully saturated rings. The van der Waals surface area contributed by atoms with Gasteiger partial charge in [0.1, 0.15) is 0 Å². The fraction of sp³-hybridized carbons (Fsp3) is 0.333. The Hall–Kier alpha value is -2.54. The van der Waals surface area contributed by atoms with Crippen molar-refractivity contribution in [3.8, 4) is 0 Å². The van der Waals surface area contributed by atoms with Gasteiger partial charge in [0, 0.05) is 30.0 Å². The number of hydrogen-bond acceptors (Lipinski definition) is 3. The summed E-state index contributed by atoms with van der Waals surface area (Å²) in [6.07, 6.45) is -3.96. The zero-order valence-electron chi connectivity index (χ0n) is 15.7. The maximum atomic E-state index is 12.7. The SMILES string of the molecule is CCC(=O)N(Cc1ccc(C(F)(F)F)cc1)CC1CC(c2ccccc2Cl)=NO1. The van der Waals surface area contributed by atoms with E-state index in [1.165, 1.54) is 12.1 Å². The number of rotatable bonds is 6. The second-order valence-corrected chi connectivity index (χ2v) is 7.18. The fourth-order valence-electron chi connectivity index (χ4n) is 3.12. The van der Waals surface area contributed by atoms with Crippen LogP contribution in [0.25, 0.3) is 0 Å². The molecule has 1 amide bonds. The van der Waals surface area contributed by atoms with Crippen molar-refractivity contribution < 1.29 is 22.8 Å². The lowest BCUT2D eigenvalue weighted by Gasteiger charge is -2.24. The topological polar surface area (TPSA) is 41.9 Å². The molecule has 0 aliphatic carbocycles. The van der Waals surface area contributed by atoms with Crippen LogP contribution in [0.15, 0.2) is 53.7 Å². The minimum Gasteiger partial charge on any atom is -0.390 e. The summed E-state index contributed by atoms with van der Waals surface area (Å²) in [5.74, 6) is -0.111. The standard InChI is InChI=1S/C21H20ClF3N2O2/c1-2-20(28)27(12-14-7-9-15(10-8-14)21(23,24)25)13-16-11-19(26-29-16)17-5-3-4-6-18(17)22/h3-10,16H,2,11-13H2,1H3. The molecular weight excluding hydrogens is 405 g/mol. The molecule has 3 rings (SSSR count). The van der Waals surface area contributed by atoms with Crippen LogP contribution >= 0.6 is 11.6 Å². The number of amides is 1. The van der Waals surface area contributed by atoms with Gasteiger partial charge in [-0.2, -0.15) is 13.2 Å². The molecule has 1 aliphatic rings. The summed E-state index contributed by atoms with van der Waals surface area (Å²) < 4.78 is 38.2. The zero-order valence-corrected chi connectivity index (χ0v) is 16.5. The van der Waals surface area contributed by atoms with Gasteiger partial charge in [-0.1, -0.05) is 54.0 Å². The van der Waals surface area contributed by atoms with Crippen molar-refractivity contribution in [2.24, 2.45) is 5.16 Å². The highest BCUT2D eigenvalue weighted by Gasteiger charge is 2.30. The molecule has 1 unspecified atom stereocenters. The lowest BCUT2D eigenvalue weighted by atomic mass is 10.0. The Bertz CT molecular complexity index is 898. The summed E-state index contributed by atoms with van der Waals surface area (Å²) >= 11 is 6.20. The molecular formula is C21H20ClF3N2O2. The van der Waals surface area contributed by atoms with Crippen molar-refractivity contribution in [3.05, 3.63) is 70.2 Å². The molecule has 0 bridgehead atoms. The van der Waals surface area contributed by atoms with E-state index in [0.29, 0.717) is 22.7 Å². The minimum absolute atomic E-state index is 0.111. The highest BCUT2D eigenvalue weighted by Crippen LogP contribution is 2.29. The fourth-order valence-corrected chi connectivity index (χ4v) is 3.37. The van der Waals surface area contributed by atoms with Crippen LogP contribution in [0.3, 0.4) is 0 Å². The van der Waals surface area contributed by atoms with Crippen LogP contribution in [-0.4, -0.2) is 29.2 Å². The van der Waals surface area contributed by atoms with Crippen LogP contribution in [0.4, 0.5) is 13.2 Å². The minimum atomic E-state index is -4.39.